The van der Waals surface area contributed by atoms with Gasteiger partial charge >= 0.3 is 5.97 Å². The molecule has 21 heavy (non-hydrogen) atoms. The zero-order valence-corrected chi connectivity index (χ0v) is 12.5. The molecule has 1 N–H and O–H groups in total. The first-order chi connectivity index (χ1) is 10.1. The summed E-state index contributed by atoms with van der Waals surface area (Å²) in [6, 6.07) is 8.38. The number of aliphatic carboxylic acids is 1. The highest BCUT2D eigenvalue weighted by Crippen LogP contribution is 2.49. The molecule has 0 amide bonds. The molecule has 1 aromatic carbocycles. The number of benzene rings is 1. The highest BCUT2D eigenvalue weighted by Gasteiger charge is 2.54. The van der Waals surface area contributed by atoms with Crippen LogP contribution in [0.15, 0.2) is 24.3 Å². The van der Waals surface area contributed by atoms with E-state index in [1.807, 2.05) is 6.07 Å². The second-order valence-corrected chi connectivity index (χ2v) is 6.47. The van der Waals surface area contributed by atoms with Gasteiger partial charge in [-0.2, -0.15) is 0 Å². The van der Waals surface area contributed by atoms with Crippen LogP contribution < -0.4 is 0 Å². The van der Waals surface area contributed by atoms with E-state index in [9.17, 15) is 9.90 Å². The van der Waals surface area contributed by atoms with Gasteiger partial charge in [0.1, 0.15) is 0 Å². The summed E-state index contributed by atoms with van der Waals surface area (Å²) in [5.41, 5.74) is 1.93. The van der Waals surface area contributed by atoms with Gasteiger partial charge in [-0.25, -0.2) is 0 Å². The minimum Gasteiger partial charge on any atom is -0.481 e. The summed E-state index contributed by atoms with van der Waals surface area (Å²) in [4.78, 5) is 14.0. The van der Waals surface area contributed by atoms with Gasteiger partial charge in [-0.3, -0.25) is 9.69 Å². The first-order valence-corrected chi connectivity index (χ1v) is 7.66. The van der Waals surface area contributed by atoms with Crippen molar-refractivity contribution in [2.45, 2.75) is 32.4 Å². The minimum atomic E-state index is -0.597. The maximum absolute atomic E-state index is 11.7. The summed E-state index contributed by atoms with van der Waals surface area (Å²) >= 11 is 0. The molecule has 3 rings (SSSR count). The Morgan fingerprint density at radius 3 is 3.00 bits per heavy atom. The molecule has 1 aliphatic heterocycles. The number of ether oxygens (including phenoxy) is 1. The predicted octanol–water partition coefficient (Wildman–Crippen LogP) is 2.52. The normalized spacial score (nSPS) is 28.7. The number of methoxy groups -OCH3 is 1. The highest BCUT2D eigenvalue weighted by molar-refractivity contribution is 5.76. The lowest BCUT2D eigenvalue weighted by Gasteiger charge is -2.23. The molecule has 2 atom stereocenters. The molecule has 114 valence electrons. The quantitative estimate of drug-likeness (QED) is 0.905. The fraction of sp³-hybridized carbons (Fsp3) is 0.588. The van der Waals surface area contributed by atoms with Gasteiger partial charge < -0.3 is 9.84 Å². The number of likely N-dealkylation sites (tertiary alicyclic amines) is 1. The molecule has 0 aromatic heterocycles. The number of carboxylic acids is 1. The molecule has 2 fully saturated rings. The maximum atomic E-state index is 11.7. The van der Waals surface area contributed by atoms with Gasteiger partial charge in [-0.15, -0.1) is 0 Å². The van der Waals surface area contributed by atoms with Crippen LogP contribution in [0, 0.1) is 11.3 Å². The third-order valence-electron chi connectivity index (χ3n) is 5.08. The van der Waals surface area contributed by atoms with Crippen molar-refractivity contribution in [1.82, 2.24) is 4.90 Å². The van der Waals surface area contributed by atoms with Crippen molar-refractivity contribution in [3.63, 3.8) is 0 Å². The van der Waals surface area contributed by atoms with Gasteiger partial charge in [0.25, 0.3) is 0 Å². The smallest absolute Gasteiger partial charge is 0.311 e. The fourth-order valence-corrected chi connectivity index (χ4v) is 4.11. The summed E-state index contributed by atoms with van der Waals surface area (Å²) in [5.74, 6) is -0.266. The van der Waals surface area contributed by atoms with Crippen LogP contribution >= 0.6 is 0 Å². The number of rotatable bonds is 5. The van der Waals surface area contributed by atoms with Gasteiger partial charge in [-0.1, -0.05) is 30.7 Å². The average Bonchev–Trinajstić information content (AvgIpc) is 2.97. The Hall–Kier alpha value is -1.39. The van der Waals surface area contributed by atoms with Crippen molar-refractivity contribution in [2.24, 2.45) is 11.3 Å². The number of nitrogens with zero attached hydrogens (tertiary/aromatic N) is 1. The van der Waals surface area contributed by atoms with Crippen LogP contribution in [0.3, 0.4) is 0 Å². The Morgan fingerprint density at radius 2 is 2.29 bits per heavy atom. The number of carbonyl (C=O) groups is 1. The first kappa shape index (κ1) is 14.5. The number of hydrogen-bond donors (Lipinski definition) is 1. The standard InChI is InChI=1S/C17H23NO3/c1-21-11-14-5-2-4-13(8-14)9-18-10-15-6-3-7-17(15,12-18)16(19)20/h2,4-5,8,15H,3,6-7,9-12H2,1H3,(H,19,20)/t15-,17+/m0/s1. The second kappa shape index (κ2) is 5.78. The molecular formula is C17H23NO3. The molecule has 0 radical (unpaired) electrons. The Bertz CT molecular complexity index is 531. The van der Waals surface area contributed by atoms with Gasteiger partial charge in [0.2, 0.25) is 0 Å². The lowest BCUT2D eigenvalue weighted by atomic mass is 9.81. The fourth-order valence-electron chi connectivity index (χ4n) is 4.11. The molecule has 0 bridgehead atoms. The van der Waals surface area contributed by atoms with E-state index in [0.29, 0.717) is 19.1 Å². The first-order valence-electron chi connectivity index (χ1n) is 7.66. The third kappa shape index (κ3) is 2.70. The predicted molar refractivity (Wildman–Crippen MR) is 79.8 cm³/mol. The number of fused-ring (bicyclic) bond motifs is 1. The molecule has 0 unspecified atom stereocenters. The van der Waals surface area contributed by atoms with Crippen molar-refractivity contribution in [3.05, 3.63) is 35.4 Å². The largest absolute Gasteiger partial charge is 0.481 e. The Balaban J connectivity index is 1.70. The number of hydrogen-bond acceptors (Lipinski definition) is 3. The molecule has 4 heteroatoms. The van der Waals surface area contributed by atoms with E-state index in [-0.39, 0.29) is 0 Å². The van der Waals surface area contributed by atoms with Crippen molar-refractivity contribution >= 4 is 5.97 Å². The monoisotopic (exact) mass is 289 g/mol. The number of carboxylic acid groups (broad SMARTS) is 1. The van der Waals surface area contributed by atoms with E-state index in [2.05, 4.69) is 23.1 Å². The van der Waals surface area contributed by atoms with E-state index >= 15 is 0 Å². The molecular weight excluding hydrogens is 266 g/mol. The van der Waals surface area contributed by atoms with Crippen molar-refractivity contribution in [3.8, 4) is 0 Å². The van der Waals surface area contributed by atoms with E-state index in [1.165, 1.54) is 11.1 Å². The molecule has 1 heterocycles. The van der Waals surface area contributed by atoms with Crippen molar-refractivity contribution < 1.29 is 14.6 Å². The average molecular weight is 289 g/mol. The Labute approximate surface area is 125 Å². The van der Waals surface area contributed by atoms with Crippen molar-refractivity contribution in [1.29, 1.82) is 0 Å². The summed E-state index contributed by atoms with van der Waals surface area (Å²) in [6.45, 7) is 3.07. The Morgan fingerprint density at radius 1 is 1.48 bits per heavy atom. The summed E-state index contributed by atoms with van der Waals surface area (Å²) in [5, 5.41) is 9.63. The van der Waals surface area contributed by atoms with Crippen molar-refractivity contribution in [2.75, 3.05) is 20.2 Å². The van der Waals surface area contributed by atoms with E-state index in [4.69, 9.17) is 4.74 Å². The van der Waals surface area contributed by atoms with Gasteiger partial charge in [-0.05, 0) is 29.9 Å². The minimum absolute atomic E-state index is 0.331. The van der Waals surface area contributed by atoms with Crippen LogP contribution in [0.1, 0.15) is 30.4 Å². The van der Waals surface area contributed by atoms with Crippen LogP contribution in [0.2, 0.25) is 0 Å². The summed E-state index contributed by atoms with van der Waals surface area (Å²) < 4.78 is 5.17. The third-order valence-corrected chi connectivity index (χ3v) is 5.08. The van der Waals surface area contributed by atoms with E-state index in [0.717, 1.165) is 32.4 Å². The van der Waals surface area contributed by atoms with Crippen LogP contribution in [-0.4, -0.2) is 36.2 Å². The zero-order valence-electron chi connectivity index (χ0n) is 12.5. The van der Waals surface area contributed by atoms with Crippen LogP contribution in [0.25, 0.3) is 0 Å². The lowest BCUT2D eigenvalue weighted by Crippen LogP contribution is -2.35. The van der Waals surface area contributed by atoms with Crippen LogP contribution in [0.5, 0.6) is 0 Å². The summed E-state index contributed by atoms with van der Waals surface area (Å²) in [7, 11) is 1.70. The molecule has 1 aliphatic carbocycles. The zero-order chi connectivity index (χ0) is 14.9. The van der Waals surface area contributed by atoms with E-state index in [1.54, 1.807) is 7.11 Å². The molecule has 0 spiro atoms. The van der Waals surface area contributed by atoms with Gasteiger partial charge in [0.05, 0.1) is 12.0 Å². The van der Waals surface area contributed by atoms with E-state index < -0.39 is 11.4 Å². The van der Waals surface area contributed by atoms with Gasteiger partial charge in [0, 0.05) is 26.7 Å². The Kier molecular flexibility index (Phi) is 4.00. The van der Waals surface area contributed by atoms with Crippen LogP contribution in [-0.2, 0) is 22.7 Å². The van der Waals surface area contributed by atoms with Crippen LogP contribution in [0.4, 0.5) is 0 Å². The SMILES string of the molecule is COCc1cccc(CN2C[C@@H]3CCC[C@@]3(C(=O)O)C2)c1. The molecule has 1 saturated heterocycles. The molecule has 1 aromatic rings. The molecule has 1 saturated carbocycles. The lowest BCUT2D eigenvalue weighted by molar-refractivity contribution is -0.149. The topological polar surface area (TPSA) is 49.8 Å². The molecule has 4 nitrogen and oxygen atoms in total. The second-order valence-electron chi connectivity index (χ2n) is 6.47. The summed E-state index contributed by atoms with van der Waals surface area (Å²) in [6.07, 6.45) is 2.97. The van der Waals surface area contributed by atoms with Gasteiger partial charge in [0.15, 0.2) is 0 Å². The highest BCUT2D eigenvalue weighted by atomic mass is 16.5. The maximum Gasteiger partial charge on any atom is 0.311 e. The molecule has 2 aliphatic rings.